The Bertz CT molecular complexity index is 487. The molecule has 0 radical (unpaired) electrons. The Labute approximate surface area is 110 Å². The maximum atomic E-state index is 11.7. The highest BCUT2D eigenvalue weighted by Gasteiger charge is 2.30. The molecule has 1 heterocycles. The van der Waals surface area contributed by atoms with Crippen molar-refractivity contribution in [3.63, 3.8) is 0 Å². The van der Waals surface area contributed by atoms with Gasteiger partial charge in [0.2, 0.25) is 5.91 Å². The number of ether oxygens (including phenoxy) is 1. The average Bonchev–Trinajstić information content (AvgIpc) is 2.67. The summed E-state index contributed by atoms with van der Waals surface area (Å²) in [5.41, 5.74) is 0.576. The van der Waals surface area contributed by atoms with E-state index in [4.69, 9.17) is 16.3 Å². The molecule has 18 heavy (non-hydrogen) atoms. The van der Waals surface area contributed by atoms with Crippen LogP contribution in [0.5, 0.6) is 5.75 Å². The molecule has 2 rings (SSSR count). The molecule has 1 aliphatic heterocycles. The highest BCUT2D eigenvalue weighted by molar-refractivity contribution is 6.31. The van der Waals surface area contributed by atoms with E-state index in [0.29, 0.717) is 23.1 Å². The number of nitrogens with zero attached hydrogens (tertiary/aromatic N) is 1. The number of ketones is 1. The second kappa shape index (κ2) is 5.40. The minimum absolute atomic E-state index is 0.0419. The molecule has 1 aliphatic rings. The fraction of sp³-hybridized carbons (Fsp3) is 0.385. The number of Topliss-reactive ketones (excluding diaryl/α,β-unsaturated/α-hetero) is 1. The van der Waals surface area contributed by atoms with Crippen molar-refractivity contribution in [2.45, 2.75) is 19.8 Å². The highest BCUT2D eigenvalue weighted by Crippen LogP contribution is 2.33. The Balaban J connectivity index is 2.32. The molecule has 0 aromatic heterocycles. The van der Waals surface area contributed by atoms with Gasteiger partial charge in [-0.2, -0.15) is 0 Å². The van der Waals surface area contributed by atoms with E-state index in [9.17, 15) is 9.59 Å². The Hall–Kier alpha value is -1.55. The van der Waals surface area contributed by atoms with Crippen LogP contribution in [0.3, 0.4) is 0 Å². The van der Waals surface area contributed by atoms with Gasteiger partial charge in [0.25, 0.3) is 0 Å². The molecule has 1 aromatic carbocycles. The van der Waals surface area contributed by atoms with E-state index in [1.54, 1.807) is 18.2 Å². The molecule has 1 saturated heterocycles. The summed E-state index contributed by atoms with van der Waals surface area (Å²) < 4.78 is 5.57. The third-order valence-corrected chi connectivity index (χ3v) is 2.89. The topological polar surface area (TPSA) is 46.6 Å². The monoisotopic (exact) mass is 267 g/mol. The van der Waals surface area contributed by atoms with Crippen molar-refractivity contribution in [3.05, 3.63) is 23.2 Å². The average molecular weight is 268 g/mol. The number of anilines is 1. The van der Waals surface area contributed by atoms with Crippen molar-refractivity contribution in [1.29, 1.82) is 0 Å². The molecule has 0 unspecified atom stereocenters. The van der Waals surface area contributed by atoms with Crippen LogP contribution in [0.4, 0.5) is 5.69 Å². The summed E-state index contributed by atoms with van der Waals surface area (Å²) in [5.74, 6) is 0.300. The van der Waals surface area contributed by atoms with Gasteiger partial charge in [0.1, 0.15) is 5.75 Å². The Kier molecular flexibility index (Phi) is 3.87. The largest absolute Gasteiger partial charge is 0.491 e. The highest BCUT2D eigenvalue weighted by atomic mass is 35.5. The molecular weight excluding hydrogens is 254 g/mol. The maximum Gasteiger partial charge on any atom is 0.235 e. The third-order valence-electron chi connectivity index (χ3n) is 2.66. The molecule has 0 N–H and O–H groups in total. The first kappa shape index (κ1) is 12.9. The van der Waals surface area contributed by atoms with Gasteiger partial charge in [-0.05, 0) is 24.6 Å². The van der Waals surface area contributed by atoms with Crippen LogP contribution in [-0.2, 0) is 9.59 Å². The van der Waals surface area contributed by atoms with Gasteiger partial charge in [0.15, 0.2) is 5.78 Å². The van der Waals surface area contributed by atoms with E-state index in [0.717, 1.165) is 6.42 Å². The molecule has 0 saturated carbocycles. The quantitative estimate of drug-likeness (QED) is 0.787. The molecule has 0 atom stereocenters. The molecule has 0 bridgehead atoms. The van der Waals surface area contributed by atoms with E-state index >= 15 is 0 Å². The second-order valence-corrected chi connectivity index (χ2v) is 4.59. The van der Waals surface area contributed by atoms with Gasteiger partial charge in [-0.25, -0.2) is 0 Å². The van der Waals surface area contributed by atoms with Crippen LogP contribution in [0.2, 0.25) is 5.02 Å². The first-order valence-electron chi connectivity index (χ1n) is 5.86. The third kappa shape index (κ3) is 2.64. The summed E-state index contributed by atoms with van der Waals surface area (Å²) in [5, 5.41) is 0.515. The molecule has 0 aliphatic carbocycles. The number of hydrogen-bond donors (Lipinski definition) is 0. The van der Waals surface area contributed by atoms with Gasteiger partial charge in [-0.1, -0.05) is 18.5 Å². The van der Waals surface area contributed by atoms with Crippen LogP contribution < -0.4 is 9.64 Å². The first-order chi connectivity index (χ1) is 8.61. The van der Waals surface area contributed by atoms with Gasteiger partial charge in [0.05, 0.1) is 25.3 Å². The predicted molar refractivity (Wildman–Crippen MR) is 69.2 cm³/mol. The summed E-state index contributed by atoms with van der Waals surface area (Å²) in [6.45, 7) is 2.66. The van der Waals surface area contributed by atoms with E-state index in [1.807, 2.05) is 6.92 Å². The van der Waals surface area contributed by atoms with Crippen LogP contribution in [0.15, 0.2) is 18.2 Å². The zero-order valence-electron chi connectivity index (χ0n) is 10.1. The van der Waals surface area contributed by atoms with Crippen molar-refractivity contribution in [1.82, 2.24) is 0 Å². The standard InChI is InChI=1S/C13H14ClNO3/c1-2-5-18-12-4-3-9(14)6-11(12)15-8-10(16)7-13(15)17/h3-4,6H,2,5,7-8H2,1H3. The summed E-state index contributed by atoms with van der Waals surface area (Å²) in [4.78, 5) is 24.5. The van der Waals surface area contributed by atoms with Crippen LogP contribution >= 0.6 is 11.6 Å². The fourth-order valence-corrected chi connectivity index (χ4v) is 2.01. The molecular formula is C13H14ClNO3. The Morgan fingerprint density at radius 3 is 2.78 bits per heavy atom. The first-order valence-corrected chi connectivity index (χ1v) is 6.24. The predicted octanol–water partition coefficient (Wildman–Crippen LogP) is 2.43. The van der Waals surface area contributed by atoms with Crippen molar-refractivity contribution in [2.75, 3.05) is 18.1 Å². The minimum atomic E-state index is -0.205. The molecule has 96 valence electrons. The smallest absolute Gasteiger partial charge is 0.235 e. The van der Waals surface area contributed by atoms with Crippen LogP contribution in [0.25, 0.3) is 0 Å². The molecule has 5 heteroatoms. The Morgan fingerprint density at radius 1 is 1.39 bits per heavy atom. The Morgan fingerprint density at radius 2 is 2.17 bits per heavy atom. The van der Waals surface area contributed by atoms with Crippen LogP contribution in [-0.4, -0.2) is 24.8 Å². The number of amides is 1. The lowest BCUT2D eigenvalue weighted by Gasteiger charge is -2.19. The summed E-state index contributed by atoms with van der Waals surface area (Å²) in [6.07, 6.45) is 0.828. The van der Waals surface area contributed by atoms with Gasteiger partial charge in [0, 0.05) is 5.02 Å². The SMILES string of the molecule is CCCOc1ccc(Cl)cc1N1CC(=O)CC1=O. The van der Waals surface area contributed by atoms with E-state index < -0.39 is 0 Å². The number of carbonyl (C=O) groups excluding carboxylic acids is 2. The second-order valence-electron chi connectivity index (χ2n) is 4.16. The number of benzene rings is 1. The normalized spacial score (nSPS) is 15.3. The summed E-state index contributed by atoms with van der Waals surface area (Å²) in [6, 6.07) is 5.09. The molecule has 1 aromatic rings. The van der Waals surface area contributed by atoms with Gasteiger partial charge in [-0.3, -0.25) is 9.59 Å². The zero-order chi connectivity index (χ0) is 13.1. The van der Waals surface area contributed by atoms with Gasteiger partial charge < -0.3 is 9.64 Å². The minimum Gasteiger partial charge on any atom is -0.491 e. The molecule has 1 amide bonds. The molecule has 1 fully saturated rings. The fourth-order valence-electron chi connectivity index (χ4n) is 1.84. The van der Waals surface area contributed by atoms with Crippen molar-refractivity contribution < 1.29 is 14.3 Å². The summed E-state index contributed by atoms with van der Waals surface area (Å²) >= 11 is 5.93. The van der Waals surface area contributed by atoms with E-state index in [1.165, 1.54) is 4.90 Å². The lowest BCUT2D eigenvalue weighted by Crippen LogP contribution is -2.25. The van der Waals surface area contributed by atoms with Gasteiger partial charge >= 0.3 is 0 Å². The van der Waals surface area contributed by atoms with Crippen molar-refractivity contribution in [2.24, 2.45) is 0 Å². The summed E-state index contributed by atoms with van der Waals surface area (Å²) in [7, 11) is 0. The van der Waals surface area contributed by atoms with Crippen LogP contribution in [0, 0.1) is 0 Å². The van der Waals surface area contributed by atoms with Gasteiger partial charge in [-0.15, -0.1) is 0 Å². The number of hydrogen-bond acceptors (Lipinski definition) is 3. The van der Waals surface area contributed by atoms with E-state index in [-0.39, 0.29) is 24.7 Å². The number of carbonyl (C=O) groups is 2. The van der Waals surface area contributed by atoms with Crippen LogP contribution in [0.1, 0.15) is 19.8 Å². The lowest BCUT2D eigenvalue weighted by molar-refractivity contribution is -0.121. The molecule has 4 nitrogen and oxygen atoms in total. The zero-order valence-corrected chi connectivity index (χ0v) is 10.9. The van der Waals surface area contributed by atoms with Crippen molar-refractivity contribution >= 4 is 29.0 Å². The van der Waals surface area contributed by atoms with Crippen molar-refractivity contribution in [3.8, 4) is 5.75 Å². The van der Waals surface area contributed by atoms with E-state index in [2.05, 4.69) is 0 Å². The molecule has 0 spiro atoms. The number of halogens is 1. The number of rotatable bonds is 4. The lowest BCUT2D eigenvalue weighted by atomic mass is 10.2. The maximum absolute atomic E-state index is 11.7.